The maximum atomic E-state index is 3.79. The molecule has 2 atom stereocenters. The van der Waals surface area contributed by atoms with Crippen LogP contribution in [0.4, 0.5) is 0 Å². The predicted octanol–water partition coefficient (Wildman–Crippen LogP) is 18.8. The van der Waals surface area contributed by atoms with Gasteiger partial charge in [0, 0.05) is 0 Å². The van der Waals surface area contributed by atoms with Crippen LogP contribution in [0.1, 0.15) is 322 Å². The maximum Gasteiger partial charge on any atom is 0.257 e. The van der Waals surface area contributed by atoms with Crippen LogP contribution in [0.2, 0.25) is 0 Å². The maximum absolute atomic E-state index is 3.79. The molecule has 0 saturated heterocycles. The van der Waals surface area contributed by atoms with Crippen molar-refractivity contribution >= 4 is 0 Å². The van der Waals surface area contributed by atoms with Crippen LogP contribution in [-0.4, -0.2) is 4.98 Å². The van der Waals surface area contributed by atoms with E-state index in [-0.39, 0.29) is 0 Å². The first-order chi connectivity index (χ1) is 26.7. The molecule has 0 amide bonds. The van der Waals surface area contributed by atoms with Crippen molar-refractivity contribution in [2.24, 2.45) is 0 Å². The fourth-order valence-electron chi connectivity index (χ4n) is 9.08. The average molecular weight is 756 g/mol. The molecule has 0 aliphatic heterocycles. The van der Waals surface area contributed by atoms with Gasteiger partial charge in [-0.05, 0) is 32.6 Å². The summed E-state index contributed by atoms with van der Waals surface area (Å²) in [4.78, 5) is 3.79. The molecule has 1 N–H and O–H groups in total. The number of unbranched alkanes of at least 4 members (excludes halogenated alkanes) is 37. The summed E-state index contributed by atoms with van der Waals surface area (Å²) in [6.07, 6.45) is 66.6. The molecule has 0 bridgehead atoms. The van der Waals surface area contributed by atoms with Gasteiger partial charge < -0.3 is 0 Å². The molecule has 1 aromatic rings. The van der Waals surface area contributed by atoms with Gasteiger partial charge in [0.1, 0.15) is 12.4 Å². The molecule has 0 aromatic carbocycles. The molecule has 1 heterocycles. The van der Waals surface area contributed by atoms with Crippen LogP contribution < -0.4 is 4.57 Å². The van der Waals surface area contributed by atoms with Gasteiger partial charge in [-0.3, -0.25) is 0 Å². The molecule has 1 aromatic heterocycles. The molecule has 0 fully saturated rings. The van der Waals surface area contributed by atoms with Gasteiger partial charge in [-0.25, -0.2) is 9.55 Å². The van der Waals surface area contributed by atoms with Crippen molar-refractivity contribution in [3.8, 4) is 0 Å². The van der Waals surface area contributed by atoms with E-state index in [1.54, 1.807) is 5.82 Å². The third-order valence-electron chi connectivity index (χ3n) is 12.9. The molecule has 0 radical (unpaired) electrons. The largest absolute Gasteiger partial charge is 0.257 e. The van der Waals surface area contributed by atoms with Gasteiger partial charge in [0.15, 0.2) is 0 Å². The van der Waals surface area contributed by atoms with Gasteiger partial charge in [0.25, 0.3) is 5.82 Å². The minimum absolute atomic E-state index is 0.615. The van der Waals surface area contributed by atoms with Crippen molar-refractivity contribution in [3.63, 3.8) is 0 Å². The zero-order valence-electron chi connectivity index (χ0n) is 38.2. The summed E-state index contributed by atoms with van der Waals surface area (Å²) in [5.41, 5.74) is 0. The number of nitrogens with zero attached hydrogens (tertiary/aromatic N) is 1. The Hall–Kier alpha value is -0.790. The molecule has 2 heteroatoms. The van der Waals surface area contributed by atoms with Crippen LogP contribution in [0.25, 0.3) is 0 Å². The fourth-order valence-corrected chi connectivity index (χ4v) is 9.08. The lowest BCUT2D eigenvalue weighted by molar-refractivity contribution is -0.727. The van der Waals surface area contributed by atoms with Crippen LogP contribution in [-0.2, 0) is 0 Å². The lowest BCUT2D eigenvalue weighted by Crippen LogP contribution is -2.41. The number of nitrogens with one attached hydrogen (secondary N) is 1. The van der Waals surface area contributed by atoms with Gasteiger partial charge in [0.2, 0.25) is 0 Å². The summed E-state index contributed by atoms with van der Waals surface area (Å²) in [6, 6.07) is 0.615. The van der Waals surface area contributed by atoms with Crippen LogP contribution >= 0.6 is 0 Å². The van der Waals surface area contributed by atoms with Crippen molar-refractivity contribution in [1.82, 2.24) is 4.98 Å². The Balaban J connectivity index is 2.34. The summed E-state index contributed by atoms with van der Waals surface area (Å²) < 4.78 is 2.66. The van der Waals surface area contributed by atoms with E-state index >= 15 is 0 Å². The quantitative estimate of drug-likeness (QED) is 0.0505. The number of aromatic amines is 1. The molecule has 320 valence electrons. The van der Waals surface area contributed by atoms with E-state index in [0.717, 1.165) is 0 Å². The Labute approximate surface area is 342 Å². The van der Waals surface area contributed by atoms with Gasteiger partial charge >= 0.3 is 0 Å². The molecule has 1 rings (SSSR count). The number of imidazole rings is 1. The highest BCUT2D eigenvalue weighted by molar-refractivity contribution is 4.90. The van der Waals surface area contributed by atoms with Gasteiger partial charge in [0.05, 0.1) is 12.0 Å². The van der Waals surface area contributed by atoms with E-state index in [9.17, 15) is 0 Å². The Morgan fingerprint density at radius 2 is 0.593 bits per heavy atom. The highest BCUT2D eigenvalue weighted by atomic mass is 15.1. The Bertz CT molecular complexity index is 828. The number of hydrogen-bond acceptors (Lipinski definition) is 0. The normalized spacial score (nSPS) is 12.9. The molecular weight excluding hydrogens is 653 g/mol. The third-order valence-corrected chi connectivity index (χ3v) is 12.9. The van der Waals surface area contributed by atoms with E-state index < -0.39 is 0 Å². The smallest absolute Gasteiger partial charge is 0.247 e. The number of rotatable bonds is 45. The number of H-pyrrole nitrogens is 1. The van der Waals surface area contributed by atoms with Gasteiger partial charge in [-0.1, -0.05) is 271 Å². The Morgan fingerprint density at radius 3 is 0.870 bits per heavy atom. The monoisotopic (exact) mass is 756 g/mol. The standard InChI is InChI=1S/C52H102N2/c1-5-8-11-14-17-20-23-25-26-27-29-32-35-38-41-44-47-51(46-43-40-37-34-30-22-19-16-13-10-7-3)52-53-48-49-54(52)50(4)45-42-39-36-33-31-28-24-21-18-15-12-9-6-2/h48-51H,5-47H2,1-4H3/p+1. The van der Waals surface area contributed by atoms with E-state index in [0.29, 0.717) is 12.0 Å². The second-order valence-electron chi connectivity index (χ2n) is 18.2. The van der Waals surface area contributed by atoms with E-state index in [1.165, 1.54) is 276 Å². The van der Waals surface area contributed by atoms with E-state index in [2.05, 4.69) is 49.6 Å². The number of aromatic nitrogens is 2. The van der Waals surface area contributed by atoms with Crippen molar-refractivity contribution in [1.29, 1.82) is 0 Å². The zero-order chi connectivity index (χ0) is 38.8. The Kier molecular flexibility index (Phi) is 39.7. The summed E-state index contributed by atoms with van der Waals surface area (Å²) in [6.45, 7) is 9.45. The summed E-state index contributed by atoms with van der Waals surface area (Å²) >= 11 is 0. The molecule has 0 spiro atoms. The van der Waals surface area contributed by atoms with E-state index in [4.69, 9.17) is 0 Å². The van der Waals surface area contributed by atoms with Crippen LogP contribution in [0.5, 0.6) is 0 Å². The minimum Gasteiger partial charge on any atom is -0.247 e. The van der Waals surface area contributed by atoms with E-state index in [1.807, 2.05) is 0 Å². The summed E-state index contributed by atoms with van der Waals surface area (Å²) in [5.74, 6) is 2.25. The van der Waals surface area contributed by atoms with Crippen LogP contribution in [0.3, 0.4) is 0 Å². The van der Waals surface area contributed by atoms with Crippen molar-refractivity contribution in [2.45, 2.75) is 316 Å². The minimum atomic E-state index is 0.615. The lowest BCUT2D eigenvalue weighted by Gasteiger charge is -2.17. The molecular formula is C52H103N2+. The fraction of sp³-hybridized carbons (Fsp3) is 0.942. The topological polar surface area (TPSA) is 19.7 Å². The summed E-state index contributed by atoms with van der Waals surface area (Å²) in [5, 5.41) is 0. The molecule has 2 nitrogen and oxygen atoms in total. The average Bonchev–Trinajstić information content (AvgIpc) is 3.68. The third kappa shape index (κ3) is 32.3. The molecule has 54 heavy (non-hydrogen) atoms. The Morgan fingerprint density at radius 1 is 0.352 bits per heavy atom. The second kappa shape index (κ2) is 41.8. The first-order valence-electron chi connectivity index (χ1n) is 25.8. The molecule has 2 unspecified atom stereocenters. The van der Waals surface area contributed by atoms with Crippen molar-refractivity contribution < 1.29 is 4.57 Å². The van der Waals surface area contributed by atoms with Gasteiger partial charge in [-0.2, -0.15) is 0 Å². The summed E-state index contributed by atoms with van der Waals surface area (Å²) in [7, 11) is 0. The first-order valence-corrected chi connectivity index (χ1v) is 25.8. The highest BCUT2D eigenvalue weighted by Gasteiger charge is 2.25. The van der Waals surface area contributed by atoms with Crippen molar-refractivity contribution in [2.75, 3.05) is 0 Å². The SMILES string of the molecule is CCCCCCCCCCCCCCCCCCC(CCCCCCCCCCCCC)c1[nH]cc[n+]1C(C)CCCCCCCCCCCCCCC. The van der Waals surface area contributed by atoms with Gasteiger partial charge in [-0.15, -0.1) is 0 Å². The predicted molar refractivity (Wildman–Crippen MR) is 244 cm³/mol. The molecule has 0 saturated carbocycles. The lowest BCUT2D eigenvalue weighted by atomic mass is 9.92. The van der Waals surface area contributed by atoms with Crippen LogP contribution in [0.15, 0.2) is 12.4 Å². The van der Waals surface area contributed by atoms with Crippen LogP contribution in [0, 0.1) is 0 Å². The highest BCUT2D eigenvalue weighted by Crippen LogP contribution is 2.28. The molecule has 0 aliphatic rings. The van der Waals surface area contributed by atoms with Crippen molar-refractivity contribution in [3.05, 3.63) is 18.2 Å². The second-order valence-corrected chi connectivity index (χ2v) is 18.2. The first kappa shape index (κ1) is 51.2. The number of hydrogen-bond donors (Lipinski definition) is 1. The molecule has 0 aliphatic carbocycles. The zero-order valence-corrected chi connectivity index (χ0v) is 38.2.